The SMILES string of the molecule is CCCCCn1cnnc1SCc1nc(-c2ccc(OC)c(OC)c2)no1. The van der Waals surface area contributed by atoms with E-state index in [1.807, 2.05) is 18.2 Å². The Labute approximate surface area is 162 Å². The van der Waals surface area contributed by atoms with Gasteiger partial charge < -0.3 is 18.6 Å². The van der Waals surface area contributed by atoms with Gasteiger partial charge in [-0.05, 0) is 24.6 Å². The number of methoxy groups -OCH3 is 2. The van der Waals surface area contributed by atoms with E-state index in [9.17, 15) is 0 Å². The third-order valence-electron chi connectivity index (χ3n) is 4.02. The van der Waals surface area contributed by atoms with Gasteiger partial charge in [0.2, 0.25) is 11.7 Å². The van der Waals surface area contributed by atoms with Crippen LogP contribution < -0.4 is 9.47 Å². The molecular weight excluding hydrogens is 366 g/mol. The van der Waals surface area contributed by atoms with E-state index < -0.39 is 0 Å². The molecule has 0 N–H and O–H groups in total. The number of nitrogens with zero attached hydrogens (tertiary/aromatic N) is 5. The van der Waals surface area contributed by atoms with Gasteiger partial charge in [0.15, 0.2) is 16.7 Å². The largest absolute Gasteiger partial charge is 0.493 e. The Kier molecular flexibility index (Phi) is 6.69. The lowest BCUT2D eigenvalue weighted by molar-refractivity contribution is 0.355. The number of thioether (sulfide) groups is 1. The van der Waals surface area contributed by atoms with Crippen LogP contribution in [0, 0.1) is 0 Å². The highest BCUT2D eigenvalue weighted by Gasteiger charge is 2.13. The van der Waals surface area contributed by atoms with Gasteiger partial charge in [0.1, 0.15) is 6.33 Å². The second-order valence-corrected chi connectivity index (χ2v) is 6.83. The van der Waals surface area contributed by atoms with E-state index in [1.165, 1.54) is 24.6 Å². The minimum absolute atomic E-state index is 0.510. The minimum atomic E-state index is 0.510. The predicted octanol–water partition coefficient (Wildman–Crippen LogP) is 3.83. The highest BCUT2D eigenvalue weighted by molar-refractivity contribution is 7.98. The molecular formula is C18H23N5O3S. The summed E-state index contributed by atoms with van der Waals surface area (Å²) >= 11 is 1.54. The first kappa shape index (κ1) is 19.2. The molecule has 0 spiro atoms. The monoisotopic (exact) mass is 389 g/mol. The summed E-state index contributed by atoms with van der Waals surface area (Å²) in [7, 11) is 3.19. The summed E-state index contributed by atoms with van der Waals surface area (Å²) in [5.41, 5.74) is 0.801. The van der Waals surface area contributed by atoms with Gasteiger partial charge in [-0.3, -0.25) is 0 Å². The molecule has 0 bridgehead atoms. The van der Waals surface area contributed by atoms with Gasteiger partial charge in [-0.2, -0.15) is 4.98 Å². The Bertz CT molecular complexity index is 864. The average molecular weight is 389 g/mol. The van der Waals surface area contributed by atoms with E-state index in [1.54, 1.807) is 20.5 Å². The van der Waals surface area contributed by atoms with Crippen molar-refractivity contribution in [1.29, 1.82) is 0 Å². The Morgan fingerprint density at radius 1 is 1.15 bits per heavy atom. The first-order chi connectivity index (χ1) is 13.2. The number of aryl methyl sites for hydroxylation is 1. The molecule has 27 heavy (non-hydrogen) atoms. The molecule has 8 nitrogen and oxygen atoms in total. The third-order valence-corrected chi connectivity index (χ3v) is 4.98. The number of rotatable bonds is 10. The van der Waals surface area contributed by atoms with E-state index >= 15 is 0 Å². The van der Waals surface area contributed by atoms with Crippen LogP contribution in [-0.4, -0.2) is 39.1 Å². The molecule has 3 aromatic rings. The van der Waals surface area contributed by atoms with Crippen molar-refractivity contribution < 1.29 is 14.0 Å². The standard InChI is InChI=1S/C18H23N5O3S/c1-4-5-6-9-23-12-19-21-18(23)27-11-16-20-17(22-26-16)13-7-8-14(24-2)15(10-13)25-3/h7-8,10,12H,4-6,9,11H2,1-3H3. The lowest BCUT2D eigenvalue weighted by Crippen LogP contribution is -1.98. The van der Waals surface area contributed by atoms with Crippen LogP contribution in [0.15, 0.2) is 34.2 Å². The quantitative estimate of drug-likeness (QED) is 0.382. The molecule has 9 heteroatoms. The van der Waals surface area contributed by atoms with Gasteiger partial charge in [-0.25, -0.2) is 0 Å². The summed E-state index contributed by atoms with van der Waals surface area (Å²) < 4.78 is 18.0. The molecule has 3 rings (SSSR count). The molecule has 0 radical (unpaired) electrons. The lowest BCUT2D eigenvalue weighted by Gasteiger charge is -2.07. The van der Waals surface area contributed by atoms with Crippen LogP contribution in [0.1, 0.15) is 32.1 Å². The molecule has 0 saturated heterocycles. The summed E-state index contributed by atoms with van der Waals surface area (Å²) in [5.74, 6) is 2.86. The predicted molar refractivity (Wildman–Crippen MR) is 102 cm³/mol. The van der Waals surface area contributed by atoms with Crippen molar-refractivity contribution in [2.75, 3.05) is 14.2 Å². The van der Waals surface area contributed by atoms with Crippen LogP contribution in [0.2, 0.25) is 0 Å². The van der Waals surface area contributed by atoms with Gasteiger partial charge in [0.05, 0.1) is 20.0 Å². The van der Waals surface area contributed by atoms with Crippen LogP contribution in [-0.2, 0) is 12.3 Å². The van der Waals surface area contributed by atoms with E-state index in [0.717, 1.165) is 23.7 Å². The molecule has 0 fully saturated rings. The second-order valence-electron chi connectivity index (χ2n) is 5.88. The van der Waals surface area contributed by atoms with Crippen LogP contribution in [0.3, 0.4) is 0 Å². The number of hydrogen-bond acceptors (Lipinski definition) is 8. The fraction of sp³-hybridized carbons (Fsp3) is 0.444. The summed E-state index contributed by atoms with van der Waals surface area (Å²) in [4.78, 5) is 4.46. The van der Waals surface area contributed by atoms with Crippen molar-refractivity contribution in [2.24, 2.45) is 0 Å². The minimum Gasteiger partial charge on any atom is -0.493 e. The van der Waals surface area contributed by atoms with Crippen molar-refractivity contribution in [2.45, 2.75) is 43.6 Å². The zero-order valence-electron chi connectivity index (χ0n) is 15.7. The summed E-state index contributed by atoms with van der Waals surface area (Å²) in [6.45, 7) is 3.11. The Balaban J connectivity index is 1.64. The maximum absolute atomic E-state index is 5.37. The van der Waals surface area contributed by atoms with E-state index in [0.29, 0.717) is 29.0 Å². The number of ether oxygens (including phenoxy) is 2. The van der Waals surface area contributed by atoms with Crippen molar-refractivity contribution in [3.63, 3.8) is 0 Å². The maximum atomic E-state index is 5.37. The van der Waals surface area contributed by atoms with Crippen molar-refractivity contribution in [1.82, 2.24) is 24.9 Å². The van der Waals surface area contributed by atoms with Crippen LogP contribution >= 0.6 is 11.8 Å². The highest BCUT2D eigenvalue weighted by atomic mass is 32.2. The molecule has 0 atom stereocenters. The molecule has 0 aliphatic rings. The molecule has 2 aromatic heterocycles. The molecule has 0 aliphatic heterocycles. The molecule has 0 unspecified atom stereocenters. The van der Waals surface area contributed by atoms with Crippen molar-refractivity contribution in [3.05, 3.63) is 30.4 Å². The molecule has 0 saturated carbocycles. The van der Waals surface area contributed by atoms with Gasteiger partial charge in [-0.15, -0.1) is 10.2 Å². The molecule has 2 heterocycles. The van der Waals surface area contributed by atoms with Crippen LogP contribution in [0.5, 0.6) is 11.5 Å². The number of benzene rings is 1. The number of hydrogen-bond donors (Lipinski definition) is 0. The molecule has 144 valence electrons. The fourth-order valence-electron chi connectivity index (χ4n) is 2.57. The van der Waals surface area contributed by atoms with Gasteiger partial charge in [0.25, 0.3) is 0 Å². The van der Waals surface area contributed by atoms with Gasteiger partial charge >= 0.3 is 0 Å². The summed E-state index contributed by atoms with van der Waals surface area (Å²) in [6.07, 6.45) is 5.26. The van der Waals surface area contributed by atoms with Gasteiger partial charge in [0, 0.05) is 12.1 Å². The van der Waals surface area contributed by atoms with E-state index in [2.05, 4.69) is 31.8 Å². The number of unbranched alkanes of at least 4 members (excludes halogenated alkanes) is 2. The first-order valence-corrected chi connectivity index (χ1v) is 9.79. The maximum Gasteiger partial charge on any atom is 0.237 e. The van der Waals surface area contributed by atoms with E-state index in [-0.39, 0.29) is 0 Å². The third kappa shape index (κ3) is 4.79. The zero-order valence-corrected chi connectivity index (χ0v) is 16.5. The fourth-order valence-corrected chi connectivity index (χ4v) is 3.35. The smallest absolute Gasteiger partial charge is 0.237 e. The van der Waals surface area contributed by atoms with Crippen LogP contribution in [0.4, 0.5) is 0 Å². The Morgan fingerprint density at radius 3 is 2.78 bits per heavy atom. The summed E-state index contributed by atoms with van der Waals surface area (Å²) in [6, 6.07) is 5.51. The van der Waals surface area contributed by atoms with E-state index in [4.69, 9.17) is 14.0 Å². The topological polar surface area (TPSA) is 88.1 Å². The Hall–Kier alpha value is -2.55. The molecule has 0 amide bonds. The highest BCUT2D eigenvalue weighted by Crippen LogP contribution is 2.31. The Morgan fingerprint density at radius 2 is 2.00 bits per heavy atom. The normalized spacial score (nSPS) is 10.9. The number of aromatic nitrogens is 5. The van der Waals surface area contributed by atoms with Crippen molar-refractivity contribution in [3.8, 4) is 22.9 Å². The molecule has 1 aromatic carbocycles. The summed E-state index contributed by atoms with van der Waals surface area (Å²) in [5, 5.41) is 13.1. The zero-order chi connectivity index (χ0) is 19.1. The second kappa shape index (κ2) is 9.40. The first-order valence-electron chi connectivity index (χ1n) is 8.80. The van der Waals surface area contributed by atoms with Crippen molar-refractivity contribution >= 4 is 11.8 Å². The lowest BCUT2D eigenvalue weighted by atomic mass is 10.2. The van der Waals surface area contributed by atoms with Gasteiger partial charge in [-0.1, -0.05) is 36.7 Å². The molecule has 0 aliphatic carbocycles. The average Bonchev–Trinajstić information content (AvgIpc) is 3.35. The van der Waals surface area contributed by atoms with Crippen LogP contribution in [0.25, 0.3) is 11.4 Å².